The van der Waals surface area contributed by atoms with Gasteiger partial charge in [-0.1, -0.05) is 0 Å². The topological polar surface area (TPSA) is 67.9 Å². The molecule has 2 atom stereocenters. The second-order valence-electron chi connectivity index (χ2n) is 3.68. The fraction of sp³-hybridized carbons (Fsp3) is 0.778. The maximum absolute atomic E-state index is 10.5. The van der Waals surface area contributed by atoms with Crippen LogP contribution >= 0.6 is 0 Å². The fourth-order valence-corrected chi connectivity index (χ4v) is 1.07. The lowest BCUT2D eigenvalue weighted by molar-refractivity contribution is 0.163. The van der Waals surface area contributed by atoms with Crippen molar-refractivity contribution in [1.82, 2.24) is 10.2 Å². The van der Waals surface area contributed by atoms with E-state index in [1.54, 1.807) is 11.9 Å². The monoisotopic (exact) mass is 216 g/mol. The number of ether oxygens (including phenoxy) is 2. The molecule has 0 radical (unpaired) electrons. The quantitative estimate of drug-likeness (QED) is 0.642. The van der Waals surface area contributed by atoms with Crippen LogP contribution in [0.4, 0.5) is 9.59 Å². The van der Waals surface area contributed by atoms with Crippen molar-refractivity contribution in [1.29, 1.82) is 0 Å². The predicted molar refractivity (Wildman–Crippen MR) is 52.5 cm³/mol. The van der Waals surface area contributed by atoms with Crippen molar-refractivity contribution in [2.75, 3.05) is 20.3 Å². The van der Waals surface area contributed by atoms with E-state index in [1.165, 1.54) is 0 Å². The summed E-state index contributed by atoms with van der Waals surface area (Å²) in [5.41, 5.74) is 0. The molecule has 6 nitrogen and oxygen atoms in total. The van der Waals surface area contributed by atoms with Gasteiger partial charge in [0.1, 0.15) is 13.2 Å². The highest BCUT2D eigenvalue weighted by molar-refractivity contribution is 5.69. The van der Waals surface area contributed by atoms with Gasteiger partial charge in [-0.25, -0.2) is 9.59 Å². The van der Waals surface area contributed by atoms with Gasteiger partial charge < -0.3 is 19.7 Å². The molecule has 6 heteroatoms. The first-order valence-electron chi connectivity index (χ1n) is 4.83. The van der Waals surface area contributed by atoms with Crippen molar-refractivity contribution in [3.8, 4) is 0 Å². The van der Waals surface area contributed by atoms with Crippen LogP contribution in [0.5, 0.6) is 0 Å². The van der Waals surface area contributed by atoms with E-state index in [0.29, 0.717) is 13.2 Å². The highest BCUT2D eigenvalue weighted by Gasteiger charge is 2.24. The third-order valence-corrected chi connectivity index (χ3v) is 2.23. The Hall–Kier alpha value is -1.46. The average Bonchev–Trinajstić information content (AvgIpc) is 2.68. The number of carbonyl (C=O) groups is 2. The summed E-state index contributed by atoms with van der Waals surface area (Å²) in [4.78, 5) is 22.2. The normalized spacial score (nSPS) is 28.9. The molecule has 2 aliphatic rings. The Morgan fingerprint density at radius 1 is 1.27 bits per heavy atom. The Bertz CT molecular complexity index is 256. The molecule has 0 aromatic heterocycles. The van der Waals surface area contributed by atoms with Gasteiger partial charge in [-0.2, -0.15) is 0 Å². The van der Waals surface area contributed by atoms with Crippen LogP contribution < -0.4 is 5.32 Å². The molecule has 2 saturated heterocycles. The molecule has 0 aliphatic carbocycles. The number of rotatable bonds is 0. The molecular formula is C9H16N2O4. The minimum absolute atomic E-state index is 0.201. The van der Waals surface area contributed by atoms with Crippen molar-refractivity contribution in [2.45, 2.75) is 25.9 Å². The molecule has 2 unspecified atom stereocenters. The van der Waals surface area contributed by atoms with Crippen molar-refractivity contribution in [3.63, 3.8) is 0 Å². The molecule has 2 heterocycles. The average molecular weight is 216 g/mol. The number of nitrogens with one attached hydrogen (secondary N) is 1. The first kappa shape index (κ1) is 11.6. The van der Waals surface area contributed by atoms with Gasteiger partial charge in [0, 0.05) is 7.05 Å². The van der Waals surface area contributed by atoms with E-state index in [0.717, 1.165) is 0 Å². The lowest BCUT2D eigenvalue weighted by Crippen LogP contribution is -2.25. The SMILES string of the molecule is CC1COC(=O)N1.CC1COC(=O)N1C. The predicted octanol–water partition coefficient (Wildman–Crippen LogP) is 0.572. The first-order valence-corrected chi connectivity index (χ1v) is 4.83. The van der Waals surface area contributed by atoms with Crippen molar-refractivity contribution >= 4 is 12.2 Å². The largest absolute Gasteiger partial charge is 0.447 e. The Morgan fingerprint density at radius 2 is 1.93 bits per heavy atom. The summed E-state index contributed by atoms with van der Waals surface area (Å²) in [6.07, 6.45) is -0.509. The van der Waals surface area contributed by atoms with Crippen LogP contribution in [0.3, 0.4) is 0 Å². The first-order chi connectivity index (χ1) is 7.00. The highest BCUT2D eigenvalue weighted by atomic mass is 16.6. The van der Waals surface area contributed by atoms with Gasteiger partial charge in [-0.15, -0.1) is 0 Å². The molecular weight excluding hydrogens is 200 g/mol. The summed E-state index contributed by atoms with van der Waals surface area (Å²) >= 11 is 0. The minimum atomic E-state index is -0.299. The van der Waals surface area contributed by atoms with Crippen LogP contribution in [0.15, 0.2) is 0 Å². The van der Waals surface area contributed by atoms with E-state index >= 15 is 0 Å². The van der Waals surface area contributed by atoms with Crippen LogP contribution in [-0.2, 0) is 9.47 Å². The highest BCUT2D eigenvalue weighted by Crippen LogP contribution is 2.06. The second-order valence-corrected chi connectivity index (χ2v) is 3.68. The van der Waals surface area contributed by atoms with Gasteiger partial charge in [-0.05, 0) is 13.8 Å². The zero-order chi connectivity index (χ0) is 11.4. The summed E-state index contributed by atoms with van der Waals surface area (Å²) in [5, 5.41) is 2.56. The number of alkyl carbamates (subject to hydrolysis) is 1. The van der Waals surface area contributed by atoms with E-state index in [9.17, 15) is 9.59 Å². The Labute approximate surface area is 88.5 Å². The van der Waals surface area contributed by atoms with Crippen LogP contribution in [-0.4, -0.2) is 49.4 Å². The van der Waals surface area contributed by atoms with Crippen LogP contribution in [0.25, 0.3) is 0 Å². The maximum atomic E-state index is 10.5. The molecule has 1 N–H and O–H groups in total. The molecule has 15 heavy (non-hydrogen) atoms. The number of amides is 2. The zero-order valence-electron chi connectivity index (χ0n) is 9.15. The Kier molecular flexibility index (Phi) is 3.76. The van der Waals surface area contributed by atoms with E-state index < -0.39 is 0 Å². The molecule has 2 rings (SSSR count). The van der Waals surface area contributed by atoms with Gasteiger partial charge in [0.25, 0.3) is 0 Å². The Balaban J connectivity index is 0.000000151. The van der Waals surface area contributed by atoms with Crippen molar-refractivity contribution in [2.24, 2.45) is 0 Å². The van der Waals surface area contributed by atoms with Gasteiger partial charge in [0.2, 0.25) is 0 Å². The molecule has 86 valence electrons. The molecule has 2 aliphatic heterocycles. The molecule has 0 spiro atoms. The van der Waals surface area contributed by atoms with Gasteiger partial charge in [0.15, 0.2) is 0 Å². The molecule has 2 fully saturated rings. The molecule has 0 saturated carbocycles. The standard InChI is InChI=1S/C5H9NO2.C4H7NO2/c1-4-3-8-5(7)6(4)2;1-3-2-7-4(6)5-3/h4H,3H2,1-2H3;3H,2H2,1H3,(H,5,6). The summed E-state index contributed by atoms with van der Waals surface area (Å²) in [7, 11) is 1.74. The fourth-order valence-electron chi connectivity index (χ4n) is 1.07. The second kappa shape index (κ2) is 4.86. The lowest BCUT2D eigenvalue weighted by Gasteiger charge is -2.08. The van der Waals surface area contributed by atoms with Gasteiger partial charge >= 0.3 is 12.2 Å². The number of hydrogen-bond acceptors (Lipinski definition) is 4. The summed E-state index contributed by atoms with van der Waals surface area (Å²) < 4.78 is 9.18. The number of likely N-dealkylation sites (N-methyl/N-ethyl adjacent to an activating group) is 1. The third-order valence-electron chi connectivity index (χ3n) is 2.23. The smallest absolute Gasteiger partial charge is 0.409 e. The third kappa shape index (κ3) is 3.30. The number of nitrogens with zero attached hydrogens (tertiary/aromatic N) is 1. The van der Waals surface area contributed by atoms with Gasteiger partial charge in [0.05, 0.1) is 12.1 Å². The van der Waals surface area contributed by atoms with Gasteiger partial charge in [-0.3, -0.25) is 0 Å². The summed E-state index contributed by atoms with van der Waals surface area (Å²) in [5.74, 6) is 0. The minimum Gasteiger partial charge on any atom is -0.447 e. The number of carbonyl (C=O) groups excluding carboxylic acids is 2. The van der Waals surface area contributed by atoms with Crippen molar-refractivity contribution < 1.29 is 19.1 Å². The number of hydrogen-bond donors (Lipinski definition) is 1. The Morgan fingerprint density at radius 3 is 2.07 bits per heavy atom. The summed E-state index contributed by atoms with van der Waals surface area (Å²) in [6.45, 7) is 4.89. The molecule has 0 aromatic rings. The summed E-state index contributed by atoms with van der Waals surface area (Å²) in [6, 6.07) is 0.454. The van der Waals surface area contributed by atoms with Crippen LogP contribution in [0.1, 0.15) is 13.8 Å². The van der Waals surface area contributed by atoms with Crippen LogP contribution in [0.2, 0.25) is 0 Å². The van der Waals surface area contributed by atoms with E-state index in [1.807, 2.05) is 13.8 Å². The molecule has 2 amide bonds. The van der Waals surface area contributed by atoms with E-state index in [-0.39, 0.29) is 24.3 Å². The lowest BCUT2D eigenvalue weighted by atomic mass is 10.4. The number of cyclic esters (lactones) is 2. The van der Waals surface area contributed by atoms with Crippen molar-refractivity contribution in [3.05, 3.63) is 0 Å². The van der Waals surface area contributed by atoms with Crippen LogP contribution in [0, 0.1) is 0 Å². The molecule has 0 aromatic carbocycles. The van der Waals surface area contributed by atoms with E-state index in [2.05, 4.69) is 14.8 Å². The molecule has 0 bridgehead atoms. The van der Waals surface area contributed by atoms with E-state index in [4.69, 9.17) is 0 Å². The maximum Gasteiger partial charge on any atom is 0.409 e. The zero-order valence-corrected chi connectivity index (χ0v) is 9.15.